The van der Waals surface area contributed by atoms with Crippen molar-refractivity contribution in [1.82, 2.24) is 0 Å². The molecule has 0 heterocycles. The zero-order chi connectivity index (χ0) is 23.5. The van der Waals surface area contributed by atoms with Crippen molar-refractivity contribution in [3.8, 4) is 28.7 Å². The summed E-state index contributed by atoms with van der Waals surface area (Å²) in [6, 6.07) is 22.8. The van der Waals surface area contributed by atoms with Crippen LogP contribution in [0.4, 0.5) is 0 Å². The maximum Gasteiger partial charge on any atom is 0.158 e. The van der Waals surface area contributed by atoms with E-state index in [0.29, 0.717) is 31.1 Å². The lowest BCUT2D eigenvalue weighted by Gasteiger charge is -2.16. The molecule has 0 bridgehead atoms. The van der Waals surface area contributed by atoms with Gasteiger partial charge < -0.3 is 23.7 Å². The number of benzene rings is 3. The van der Waals surface area contributed by atoms with Crippen LogP contribution in [0.25, 0.3) is 0 Å². The Morgan fingerprint density at radius 1 is 0.788 bits per heavy atom. The van der Waals surface area contributed by atoms with Gasteiger partial charge in [0.1, 0.15) is 34.9 Å². The fraction of sp³-hybridized carbons (Fsp3) is 0.296. The fourth-order valence-electron chi connectivity index (χ4n) is 3.24. The van der Waals surface area contributed by atoms with Crippen LogP contribution >= 0.6 is 0 Å². The van der Waals surface area contributed by atoms with Crippen LogP contribution in [0.15, 0.2) is 72.8 Å². The highest BCUT2D eigenvalue weighted by atomic mass is 16.5. The summed E-state index contributed by atoms with van der Waals surface area (Å²) >= 11 is 0. The maximum atomic E-state index is 11.6. The summed E-state index contributed by atoms with van der Waals surface area (Å²) in [7, 11) is 3.13. The highest BCUT2D eigenvalue weighted by Gasteiger charge is 2.16. The molecule has 0 N–H and O–H groups in total. The summed E-state index contributed by atoms with van der Waals surface area (Å²) in [5, 5.41) is 0. The second kappa shape index (κ2) is 12.5. The van der Waals surface area contributed by atoms with Crippen molar-refractivity contribution in [3.63, 3.8) is 0 Å². The van der Waals surface area contributed by atoms with Gasteiger partial charge in [0, 0.05) is 26.0 Å². The van der Waals surface area contributed by atoms with Gasteiger partial charge in [0.05, 0.1) is 20.3 Å². The molecule has 0 unspecified atom stereocenters. The van der Waals surface area contributed by atoms with Crippen molar-refractivity contribution in [2.75, 3.05) is 27.4 Å². The normalized spacial score (nSPS) is 11.5. The van der Waals surface area contributed by atoms with Crippen LogP contribution in [-0.2, 0) is 16.0 Å². The van der Waals surface area contributed by atoms with Crippen molar-refractivity contribution in [2.24, 2.45) is 0 Å². The first-order chi connectivity index (χ1) is 16.1. The molecule has 0 aromatic heterocycles. The Labute approximate surface area is 195 Å². The Kier molecular flexibility index (Phi) is 9.15. The minimum absolute atomic E-state index is 0.0155. The summed E-state index contributed by atoms with van der Waals surface area (Å²) in [5.41, 5.74) is 0.898. The first-order valence-electron chi connectivity index (χ1n) is 10.9. The molecular weight excluding hydrogens is 420 g/mol. The Hall–Kier alpha value is -3.51. The zero-order valence-electron chi connectivity index (χ0n) is 19.3. The quantitative estimate of drug-likeness (QED) is 0.321. The number of carbonyl (C=O) groups is 1. The van der Waals surface area contributed by atoms with E-state index in [2.05, 4.69) is 0 Å². The molecule has 33 heavy (non-hydrogen) atoms. The van der Waals surface area contributed by atoms with Crippen LogP contribution in [0.5, 0.6) is 28.7 Å². The molecule has 3 aromatic carbocycles. The second-order valence-corrected chi connectivity index (χ2v) is 7.45. The van der Waals surface area contributed by atoms with Crippen LogP contribution in [0.3, 0.4) is 0 Å². The number of ether oxygens (including phenoxy) is 5. The zero-order valence-corrected chi connectivity index (χ0v) is 19.3. The molecule has 6 heteroatoms. The summed E-state index contributed by atoms with van der Waals surface area (Å²) in [6.45, 7) is 2.56. The van der Waals surface area contributed by atoms with E-state index in [1.165, 1.54) is 14.0 Å². The first-order valence-corrected chi connectivity index (χ1v) is 10.9. The third-order valence-electron chi connectivity index (χ3n) is 5.03. The second-order valence-electron chi connectivity index (χ2n) is 7.45. The van der Waals surface area contributed by atoms with Crippen LogP contribution < -0.4 is 18.9 Å². The molecule has 0 fully saturated rings. The van der Waals surface area contributed by atoms with Crippen LogP contribution in [0.2, 0.25) is 0 Å². The van der Waals surface area contributed by atoms with Gasteiger partial charge in [-0.3, -0.25) is 4.79 Å². The first kappa shape index (κ1) is 24.1. The molecule has 0 amide bonds. The summed E-state index contributed by atoms with van der Waals surface area (Å²) in [6.07, 6.45) is 0.697. The molecule has 3 rings (SSSR count). The van der Waals surface area contributed by atoms with Crippen molar-refractivity contribution in [1.29, 1.82) is 0 Å². The van der Waals surface area contributed by atoms with Gasteiger partial charge in [-0.25, -0.2) is 0 Å². The number of hydrogen-bond donors (Lipinski definition) is 0. The molecule has 0 radical (unpaired) electrons. The number of rotatable bonds is 13. The molecule has 0 saturated carbocycles. The summed E-state index contributed by atoms with van der Waals surface area (Å²) in [4.78, 5) is 11.6. The van der Waals surface area contributed by atoms with Gasteiger partial charge in [-0.2, -0.15) is 0 Å². The Morgan fingerprint density at radius 2 is 1.39 bits per heavy atom. The number of para-hydroxylation sites is 1. The minimum Gasteiger partial charge on any atom is -0.496 e. The van der Waals surface area contributed by atoms with E-state index in [9.17, 15) is 4.79 Å². The average Bonchev–Trinajstić information content (AvgIpc) is 2.84. The third-order valence-corrected chi connectivity index (χ3v) is 5.03. The molecular formula is C27H30O6. The number of methoxy groups -OCH3 is 2. The molecule has 0 aliphatic heterocycles. The Morgan fingerprint density at radius 3 is 2.03 bits per heavy atom. The van der Waals surface area contributed by atoms with E-state index in [0.717, 1.165) is 29.2 Å². The largest absolute Gasteiger partial charge is 0.496 e. The topological polar surface area (TPSA) is 63.2 Å². The predicted octanol–water partition coefficient (Wildman–Crippen LogP) is 5.48. The average molecular weight is 451 g/mol. The molecule has 0 spiro atoms. The Bertz CT molecular complexity index is 1000. The highest BCUT2D eigenvalue weighted by Crippen LogP contribution is 2.27. The van der Waals surface area contributed by atoms with Crippen molar-refractivity contribution < 1.29 is 28.5 Å². The number of Topliss-reactive ketones (excluding diaryl/α,β-unsaturated/α-hetero) is 1. The molecule has 174 valence electrons. The number of carbonyl (C=O) groups excluding carboxylic acids is 1. The monoisotopic (exact) mass is 450 g/mol. The van der Waals surface area contributed by atoms with E-state index in [1.807, 2.05) is 72.8 Å². The van der Waals surface area contributed by atoms with Crippen molar-refractivity contribution in [3.05, 3.63) is 78.4 Å². The van der Waals surface area contributed by atoms with E-state index in [-0.39, 0.29) is 5.78 Å². The van der Waals surface area contributed by atoms with Gasteiger partial charge in [0.25, 0.3) is 0 Å². The van der Waals surface area contributed by atoms with Gasteiger partial charge in [-0.05, 0) is 55.0 Å². The van der Waals surface area contributed by atoms with Crippen LogP contribution in [0.1, 0.15) is 18.9 Å². The van der Waals surface area contributed by atoms with Crippen molar-refractivity contribution in [2.45, 2.75) is 25.9 Å². The van der Waals surface area contributed by atoms with Crippen LogP contribution in [-0.4, -0.2) is 39.3 Å². The van der Waals surface area contributed by atoms with Gasteiger partial charge in [0.15, 0.2) is 5.78 Å². The summed E-state index contributed by atoms with van der Waals surface area (Å²) < 4.78 is 28.1. The molecule has 3 aromatic rings. The lowest BCUT2D eigenvalue weighted by molar-refractivity contribution is -0.126. The predicted molar refractivity (Wildman–Crippen MR) is 127 cm³/mol. The van der Waals surface area contributed by atoms with E-state index in [1.54, 1.807) is 7.11 Å². The van der Waals surface area contributed by atoms with E-state index < -0.39 is 6.10 Å². The standard InChI is InChI=1S/C27H30O6/c1-20(28)26(29-2)18-21-10-11-25(19-27(21)30-3)32-17-7-16-31-22-12-14-24(15-13-22)33-23-8-5-4-6-9-23/h4-6,8-15,19,26H,7,16-18H2,1-3H3/t26-/m0/s1. The fourth-order valence-corrected chi connectivity index (χ4v) is 3.24. The molecule has 1 atom stereocenters. The summed E-state index contributed by atoms with van der Waals surface area (Å²) in [5.74, 6) is 3.69. The highest BCUT2D eigenvalue weighted by molar-refractivity contribution is 5.80. The van der Waals surface area contributed by atoms with Crippen molar-refractivity contribution >= 4 is 5.78 Å². The lowest BCUT2D eigenvalue weighted by atomic mass is 10.0. The van der Waals surface area contributed by atoms with Gasteiger partial charge >= 0.3 is 0 Å². The smallest absolute Gasteiger partial charge is 0.158 e. The van der Waals surface area contributed by atoms with Gasteiger partial charge in [-0.15, -0.1) is 0 Å². The Balaban J connectivity index is 1.42. The molecule has 0 aliphatic rings. The molecule has 6 nitrogen and oxygen atoms in total. The number of hydrogen-bond acceptors (Lipinski definition) is 6. The minimum atomic E-state index is -0.484. The van der Waals surface area contributed by atoms with E-state index >= 15 is 0 Å². The SMILES string of the molecule is COc1cc(OCCCOc2ccc(Oc3ccccc3)cc2)ccc1C[C@H](OC)C(C)=O. The van der Waals surface area contributed by atoms with Gasteiger partial charge in [0.2, 0.25) is 0 Å². The molecule has 0 saturated heterocycles. The van der Waals surface area contributed by atoms with E-state index in [4.69, 9.17) is 23.7 Å². The third kappa shape index (κ3) is 7.54. The van der Waals surface area contributed by atoms with Gasteiger partial charge in [-0.1, -0.05) is 24.3 Å². The molecule has 0 aliphatic carbocycles. The maximum absolute atomic E-state index is 11.6. The lowest BCUT2D eigenvalue weighted by Crippen LogP contribution is -2.23. The number of ketones is 1. The van der Waals surface area contributed by atoms with Crippen LogP contribution in [0, 0.1) is 0 Å².